The zero-order valence-corrected chi connectivity index (χ0v) is 26.2. The van der Waals surface area contributed by atoms with E-state index in [0.717, 1.165) is 43.2 Å². The molecule has 0 fully saturated rings. The Morgan fingerprint density at radius 2 is 1.56 bits per heavy atom. The summed E-state index contributed by atoms with van der Waals surface area (Å²) in [6.07, 6.45) is 4.67. The quantitative estimate of drug-likeness (QED) is 0.234. The first-order valence-electron chi connectivity index (χ1n) is 14.9. The van der Waals surface area contributed by atoms with E-state index in [2.05, 4.69) is 31.4 Å². The predicted octanol–water partition coefficient (Wildman–Crippen LogP) is 6.94. The molecule has 0 saturated carbocycles. The van der Waals surface area contributed by atoms with Gasteiger partial charge in [0, 0.05) is 12.6 Å². The first-order valence-corrected chi connectivity index (χ1v) is 14.9. The van der Waals surface area contributed by atoms with Crippen LogP contribution in [-0.2, 0) is 14.3 Å². The van der Waals surface area contributed by atoms with Crippen molar-refractivity contribution in [2.75, 3.05) is 6.54 Å². The van der Waals surface area contributed by atoms with Crippen LogP contribution >= 0.6 is 0 Å². The van der Waals surface area contributed by atoms with Crippen molar-refractivity contribution in [3.63, 3.8) is 0 Å². The highest BCUT2D eigenvalue weighted by atomic mass is 16.6. The van der Waals surface area contributed by atoms with E-state index < -0.39 is 23.8 Å². The molecule has 0 bridgehead atoms. The second-order valence-corrected chi connectivity index (χ2v) is 12.4. The van der Waals surface area contributed by atoms with Gasteiger partial charge < -0.3 is 20.3 Å². The Morgan fingerprint density at radius 3 is 2.08 bits per heavy atom. The average Bonchev–Trinajstić information content (AvgIpc) is 2.85. The molecule has 39 heavy (non-hydrogen) atoms. The zero-order chi connectivity index (χ0) is 29.8. The van der Waals surface area contributed by atoms with Crippen molar-refractivity contribution >= 4 is 17.9 Å². The number of unbranched alkanes of at least 4 members (excludes halogenated alkanes) is 2. The number of carbonyl (C=O) groups is 3. The van der Waals surface area contributed by atoms with Crippen molar-refractivity contribution in [3.8, 4) is 0 Å². The number of amides is 3. The van der Waals surface area contributed by atoms with Crippen LogP contribution in [0.4, 0.5) is 4.79 Å². The molecule has 1 aromatic carbocycles. The maximum atomic E-state index is 14.5. The van der Waals surface area contributed by atoms with Gasteiger partial charge in [0.2, 0.25) is 11.8 Å². The Labute approximate surface area is 237 Å². The first kappa shape index (κ1) is 34.5. The lowest BCUT2D eigenvalue weighted by atomic mass is 9.93. The van der Waals surface area contributed by atoms with E-state index >= 15 is 0 Å². The number of carbonyl (C=O) groups excluding carboxylic acids is 3. The maximum Gasteiger partial charge on any atom is 0.408 e. The molecule has 0 heterocycles. The van der Waals surface area contributed by atoms with Gasteiger partial charge in [0.05, 0.1) is 0 Å². The minimum atomic E-state index is -0.827. The number of ether oxygens (including phenoxy) is 1. The van der Waals surface area contributed by atoms with Crippen molar-refractivity contribution < 1.29 is 19.1 Å². The van der Waals surface area contributed by atoms with E-state index in [0.29, 0.717) is 18.9 Å². The average molecular weight is 546 g/mol. The Morgan fingerprint density at radius 1 is 0.949 bits per heavy atom. The number of hydrogen-bond acceptors (Lipinski definition) is 4. The maximum absolute atomic E-state index is 14.5. The minimum Gasteiger partial charge on any atom is -0.444 e. The molecule has 0 aliphatic rings. The van der Waals surface area contributed by atoms with Crippen LogP contribution in [0.15, 0.2) is 24.3 Å². The smallest absolute Gasteiger partial charge is 0.408 e. The first-order chi connectivity index (χ1) is 18.2. The molecule has 4 atom stereocenters. The lowest BCUT2D eigenvalue weighted by Crippen LogP contribution is -2.57. The van der Waals surface area contributed by atoms with Crippen molar-refractivity contribution in [3.05, 3.63) is 35.4 Å². The standard InChI is InChI=1S/C32H55N3O4/c1-11-13-14-21-33-29(36)28(26-19-16-23(5)17-20-26)35(25(7)18-15-22(3)4)30(37)27(24(6)12-2)34-31(38)39-32(8,9)10/h16-17,19-20,22,24-25,27-28H,11-15,18,21H2,1-10H3,(H,33,36)(H,34,38). The number of nitrogens with zero attached hydrogens (tertiary/aromatic N) is 1. The molecule has 7 heteroatoms. The van der Waals surface area contributed by atoms with E-state index in [1.54, 1.807) is 25.7 Å². The molecule has 0 aliphatic heterocycles. The van der Waals surface area contributed by atoms with Crippen LogP contribution < -0.4 is 10.6 Å². The summed E-state index contributed by atoms with van der Waals surface area (Å²) in [7, 11) is 0. The van der Waals surface area contributed by atoms with Crippen LogP contribution in [0.25, 0.3) is 0 Å². The number of nitrogens with one attached hydrogen (secondary N) is 2. The normalized spacial score (nSPS) is 14.7. The predicted molar refractivity (Wildman–Crippen MR) is 159 cm³/mol. The zero-order valence-electron chi connectivity index (χ0n) is 26.2. The highest BCUT2D eigenvalue weighted by Crippen LogP contribution is 2.29. The van der Waals surface area contributed by atoms with E-state index in [-0.39, 0.29) is 23.8 Å². The van der Waals surface area contributed by atoms with Crippen molar-refractivity contribution in [1.82, 2.24) is 15.5 Å². The van der Waals surface area contributed by atoms with E-state index in [1.807, 2.05) is 52.0 Å². The fraction of sp³-hybridized carbons (Fsp3) is 0.719. The summed E-state index contributed by atoms with van der Waals surface area (Å²) < 4.78 is 5.51. The van der Waals surface area contributed by atoms with Gasteiger partial charge in [-0.1, -0.05) is 83.7 Å². The lowest BCUT2D eigenvalue weighted by Gasteiger charge is -2.40. The van der Waals surface area contributed by atoms with Crippen molar-refractivity contribution in [1.29, 1.82) is 0 Å². The van der Waals surface area contributed by atoms with Gasteiger partial charge in [-0.25, -0.2) is 4.79 Å². The van der Waals surface area contributed by atoms with Gasteiger partial charge >= 0.3 is 6.09 Å². The SMILES string of the molecule is CCCCCNC(=O)C(c1ccc(C)cc1)N(C(=O)C(NC(=O)OC(C)(C)C)C(C)CC)C(C)CCC(C)C. The molecule has 3 amide bonds. The van der Waals surface area contributed by atoms with Gasteiger partial charge in [-0.3, -0.25) is 9.59 Å². The fourth-order valence-electron chi connectivity index (χ4n) is 4.46. The van der Waals surface area contributed by atoms with E-state index in [4.69, 9.17) is 4.74 Å². The molecule has 7 nitrogen and oxygen atoms in total. The third-order valence-corrected chi connectivity index (χ3v) is 7.04. The third kappa shape index (κ3) is 12.0. The van der Waals surface area contributed by atoms with Gasteiger partial charge in [-0.2, -0.15) is 0 Å². The minimum absolute atomic E-state index is 0.156. The second-order valence-electron chi connectivity index (χ2n) is 12.4. The lowest BCUT2D eigenvalue weighted by molar-refractivity contribution is -0.146. The van der Waals surface area contributed by atoms with Crippen LogP contribution in [0.2, 0.25) is 0 Å². The molecular formula is C32H55N3O4. The van der Waals surface area contributed by atoms with E-state index in [1.165, 1.54) is 0 Å². The van der Waals surface area contributed by atoms with Crippen LogP contribution in [0.5, 0.6) is 0 Å². The second kappa shape index (κ2) is 16.5. The monoisotopic (exact) mass is 545 g/mol. The van der Waals surface area contributed by atoms with Crippen LogP contribution in [0.3, 0.4) is 0 Å². The van der Waals surface area contributed by atoms with Gasteiger partial charge in [0.15, 0.2) is 0 Å². The van der Waals surface area contributed by atoms with E-state index in [9.17, 15) is 14.4 Å². The summed E-state index contributed by atoms with van der Waals surface area (Å²) in [6, 6.07) is 5.94. The Balaban J connectivity index is 3.57. The molecule has 222 valence electrons. The fourth-order valence-corrected chi connectivity index (χ4v) is 4.46. The molecule has 2 N–H and O–H groups in total. The Hall–Kier alpha value is -2.57. The molecule has 4 unspecified atom stereocenters. The van der Waals surface area contributed by atoms with Gasteiger partial charge in [0.25, 0.3) is 0 Å². The largest absolute Gasteiger partial charge is 0.444 e. The molecular weight excluding hydrogens is 490 g/mol. The van der Waals surface area contributed by atoms with Crippen molar-refractivity contribution in [2.45, 2.75) is 131 Å². The summed E-state index contributed by atoms with van der Waals surface area (Å²) >= 11 is 0. The molecule has 1 aromatic rings. The van der Waals surface area contributed by atoms with Crippen LogP contribution in [0, 0.1) is 18.8 Å². The summed E-state index contributed by atoms with van der Waals surface area (Å²) in [6.45, 7) is 20.3. The highest BCUT2D eigenvalue weighted by Gasteiger charge is 2.40. The molecule has 0 saturated heterocycles. The van der Waals surface area contributed by atoms with Crippen molar-refractivity contribution in [2.24, 2.45) is 11.8 Å². The highest BCUT2D eigenvalue weighted by molar-refractivity contribution is 5.92. The number of hydrogen-bond donors (Lipinski definition) is 2. The molecule has 0 aliphatic carbocycles. The summed E-state index contributed by atoms with van der Waals surface area (Å²) in [5.74, 6) is -0.160. The molecule has 1 rings (SSSR count). The summed E-state index contributed by atoms with van der Waals surface area (Å²) in [5.41, 5.74) is 1.15. The Bertz CT molecular complexity index is 892. The molecule has 0 aromatic heterocycles. The topological polar surface area (TPSA) is 87.7 Å². The number of rotatable bonds is 15. The van der Waals surface area contributed by atoms with Gasteiger partial charge in [-0.15, -0.1) is 0 Å². The number of aryl methyl sites for hydroxylation is 1. The molecule has 0 spiro atoms. The number of benzene rings is 1. The number of alkyl carbamates (subject to hydrolysis) is 1. The van der Waals surface area contributed by atoms with Crippen LogP contribution in [0.1, 0.15) is 118 Å². The van der Waals surface area contributed by atoms with Gasteiger partial charge in [0.1, 0.15) is 17.7 Å². The van der Waals surface area contributed by atoms with Gasteiger partial charge in [-0.05, 0) is 71.3 Å². The summed E-state index contributed by atoms with van der Waals surface area (Å²) in [5, 5.41) is 5.95. The summed E-state index contributed by atoms with van der Waals surface area (Å²) in [4.78, 5) is 42.9. The molecule has 0 radical (unpaired) electrons. The Kier molecular flexibility index (Phi) is 14.6. The third-order valence-electron chi connectivity index (χ3n) is 7.04. The van der Waals surface area contributed by atoms with Crippen LogP contribution in [-0.4, -0.2) is 47.0 Å².